The van der Waals surface area contributed by atoms with E-state index in [1.807, 2.05) is 0 Å². The number of nitrogens with one attached hydrogen (secondary N) is 2. The van der Waals surface area contributed by atoms with Gasteiger partial charge in [-0.15, -0.1) is 0 Å². The van der Waals surface area contributed by atoms with Crippen LogP contribution in [0.1, 0.15) is 59.3 Å². The van der Waals surface area contributed by atoms with Gasteiger partial charge in [0.1, 0.15) is 17.1 Å². The van der Waals surface area contributed by atoms with Gasteiger partial charge in [-0.1, -0.05) is 6.07 Å². The lowest BCUT2D eigenvalue weighted by Crippen LogP contribution is -2.50. The number of aromatic nitrogens is 2. The van der Waals surface area contributed by atoms with Crippen molar-refractivity contribution < 1.29 is 49.1 Å². The van der Waals surface area contributed by atoms with Crippen molar-refractivity contribution in [2.45, 2.75) is 69.4 Å². The number of benzene rings is 1. The zero-order chi connectivity index (χ0) is 30.2. The molecule has 1 aromatic heterocycles. The molecule has 1 atom stereocenters. The first-order valence-electron chi connectivity index (χ1n) is 12.7. The number of aryl methyl sites for hydroxylation is 2. The van der Waals surface area contributed by atoms with Crippen LogP contribution >= 0.6 is 0 Å². The van der Waals surface area contributed by atoms with E-state index in [2.05, 4.69) is 15.7 Å². The molecule has 2 N–H and O–H groups in total. The average molecular weight is 611 g/mol. The van der Waals surface area contributed by atoms with Crippen LogP contribution in [-0.2, 0) is 39.6 Å². The Kier molecular flexibility index (Phi) is 8.35. The lowest BCUT2D eigenvalue weighted by atomic mass is 9.82. The average Bonchev–Trinajstić information content (AvgIpc) is 3.32. The number of rotatable bonds is 10. The molecule has 4 rings (SSSR count). The third kappa shape index (κ3) is 7.71. The van der Waals surface area contributed by atoms with Crippen molar-refractivity contribution in [1.82, 2.24) is 15.1 Å². The van der Waals surface area contributed by atoms with Crippen molar-refractivity contribution in [3.63, 3.8) is 0 Å². The first-order chi connectivity index (χ1) is 18.9. The number of anilines is 1. The van der Waals surface area contributed by atoms with E-state index in [9.17, 15) is 44.3 Å². The van der Waals surface area contributed by atoms with Gasteiger partial charge in [-0.2, -0.15) is 31.4 Å². The maximum atomic E-state index is 13.4. The van der Waals surface area contributed by atoms with Crippen molar-refractivity contribution >= 4 is 27.5 Å². The van der Waals surface area contributed by atoms with E-state index in [1.165, 1.54) is 4.68 Å². The van der Waals surface area contributed by atoms with Crippen molar-refractivity contribution in [2.75, 3.05) is 23.9 Å². The molecule has 0 fully saturated rings. The largest absolute Gasteiger partial charge is 0.494 e. The lowest BCUT2D eigenvalue weighted by Gasteiger charge is -2.36. The molecule has 0 bridgehead atoms. The zero-order valence-corrected chi connectivity index (χ0v) is 22.7. The number of amides is 2. The van der Waals surface area contributed by atoms with Gasteiger partial charge in [0.15, 0.2) is 15.7 Å². The van der Waals surface area contributed by atoms with Crippen LogP contribution in [-0.4, -0.2) is 61.0 Å². The molecule has 9 nitrogen and oxygen atoms in total. The van der Waals surface area contributed by atoms with E-state index in [-0.39, 0.29) is 43.8 Å². The molecule has 1 aliphatic carbocycles. The number of carbonyl (C=O) groups is 2. The molecule has 0 saturated carbocycles. The summed E-state index contributed by atoms with van der Waals surface area (Å²) in [4.78, 5) is 25.7. The minimum absolute atomic E-state index is 0.0532. The molecular formula is C25H28F6N4O5S. The summed E-state index contributed by atoms with van der Waals surface area (Å²) in [5, 5.41) is 9.42. The summed E-state index contributed by atoms with van der Waals surface area (Å²) in [7, 11) is -3.70. The van der Waals surface area contributed by atoms with Gasteiger partial charge in [0, 0.05) is 32.1 Å². The summed E-state index contributed by atoms with van der Waals surface area (Å²) >= 11 is 0. The summed E-state index contributed by atoms with van der Waals surface area (Å²) < 4.78 is 105. The molecule has 1 aromatic carbocycles. The Hall–Kier alpha value is -3.30. The van der Waals surface area contributed by atoms with Gasteiger partial charge in [-0.3, -0.25) is 14.3 Å². The molecule has 2 heterocycles. The maximum absolute atomic E-state index is 13.4. The number of hydrogen-bond donors (Lipinski definition) is 2. The second kappa shape index (κ2) is 11.2. The molecule has 41 heavy (non-hydrogen) atoms. The van der Waals surface area contributed by atoms with E-state index in [0.717, 1.165) is 17.4 Å². The molecule has 0 unspecified atom stereocenters. The number of fused-ring (bicyclic) bond motifs is 3. The predicted octanol–water partition coefficient (Wildman–Crippen LogP) is 4.06. The van der Waals surface area contributed by atoms with Crippen LogP contribution in [0.2, 0.25) is 0 Å². The van der Waals surface area contributed by atoms with Crippen LogP contribution < -0.4 is 15.4 Å². The maximum Gasteiger partial charge on any atom is 0.389 e. The topological polar surface area (TPSA) is 119 Å². The molecular weight excluding hydrogens is 582 g/mol. The number of sulfone groups is 1. The summed E-state index contributed by atoms with van der Waals surface area (Å²) in [6.45, 7) is -0.334. The molecule has 2 aromatic rings. The van der Waals surface area contributed by atoms with E-state index < -0.39 is 58.1 Å². The highest BCUT2D eigenvalue weighted by Gasteiger charge is 2.47. The van der Waals surface area contributed by atoms with E-state index in [4.69, 9.17) is 4.74 Å². The molecule has 2 aliphatic rings. The molecule has 1 spiro atoms. The van der Waals surface area contributed by atoms with Crippen LogP contribution in [0.25, 0.3) is 0 Å². The fourth-order valence-corrected chi connectivity index (χ4v) is 5.77. The summed E-state index contributed by atoms with van der Waals surface area (Å²) in [6, 6.07) is 4.97. The summed E-state index contributed by atoms with van der Waals surface area (Å²) in [6.07, 6.45) is -9.39. The van der Waals surface area contributed by atoms with Gasteiger partial charge >= 0.3 is 12.4 Å². The zero-order valence-electron chi connectivity index (χ0n) is 21.9. The number of carbonyl (C=O) groups excluding carboxylic acids is 2. The smallest absolute Gasteiger partial charge is 0.389 e. The minimum atomic E-state index is -4.41. The molecule has 0 saturated heterocycles. The van der Waals surface area contributed by atoms with Crippen LogP contribution in [0.15, 0.2) is 18.2 Å². The van der Waals surface area contributed by atoms with E-state index in [1.54, 1.807) is 18.2 Å². The van der Waals surface area contributed by atoms with Crippen molar-refractivity contribution in [2.24, 2.45) is 0 Å². The monoisotopic (exact) mass is 610 g/mol. The number of ether oxygens (including phenoxy) is 1. The third-order valence-electron chi connectivity index (χ3n) is 6.87. The van der Waals surface area contributed by atoms with Gasteiger partial charge in [0.2, 0.25) is 5.91 Å². The minimum Gasteiger partial charge on any atom is -0.494 e. The van der Waals surface area contributed by atoms with E-state index in [0.29, 0.717) is 24.3 Å². The number of nitrogens with zero attached hydrogens (tertiary/aromatic N) is 2. The molecule has 226 valence electrons. The fraction of sp³-hybridized carbons (Fsp3) is 0.560. The molecule has 16 heteroatoms. The fourth-order valence-electron chi connectivity index (χ4n) is 5.23. The van der Waals surface area contributed by atoms with Gasteiger partial charge < -0.3 is 15.4 Å². The Bertz CT molecular complexity index is 1440. The standard InChI is InChI=1S/C25H28F6N4O5S/c1-41(38,39)14-19(36)32-21-20-18(35(34-21)10-2-7-24(26,27)28)13-23(33-22(20)37)9-6-15-12-16(4-5-17(15)23)40-11-3-8-25(29,30)31/h4-5,12H,2-3,6-11,13-14H2,1H3,(H,33,37)(H,32,34,36)/t23-/m0/s1. The van der Waals surface area contributed by atoms with Crippen molar-refractivity contribution in [3.05, 3.63) is 40.6 Å². The van der Waals surface area contributed by atoms with E-state index >= 15 is 0 Å². The predicted molar refractivity (Wildman–Crippen MR) is 134 cm³/mol. The Balaban J connectivity index is 1.59. The SMILES string of the molecule is CS(=O)(=O)CC(=O)Nc1nn(CCCC(F)(F)F)c2c1C(=O)N[C@@]1(CCc3cc(OCCCC(F)(F)F)ccc31)C2. The Morgan fingerprint density at radius 2 is 1.83 bits per heavy atom. The molecule has 2 amide bonds. The Morgan fingerprint density at radius 3 is 2.49 bits per heavy atom. The quantitative estimate of drug-likeness (QED) is 0.310. The Labute approximate surface area is 231 Å². The second-order valence-corrected chi connectivity index (χ2v) is 12.5. The van der Waals surface area contributed by atoms with Gasteiger partial charge in [0.05, 0.1) is 17.8 Å². The first kappa shape index (κ1) is 30.7. The highest BCUT2D eigenvalue weighted by atomic mass is 32.2. The van der Waals surface area contributed by atoms with Crippen LogP contribution in [0.4, 0.5) is 32.2 Å². The van der Waals surface area contributed by atoms with Gasteiger partial charge in [-0.25, -0.2) is 8.42 Å². The van der Waals surface area contributed by atoms with Crippen LogP contribution in [0.5, 0.6) is 5.75 Å². The third-order valence-corrected chi connectivity index (χ3v) is 7.66. The van der Waals surface area contributed by atoms with Crippen LogP contribution in [0.3, 0.4) is 0 Å². The molecule has 0 radical (unpaired) electrons. The molecule has 1 aliphatic heterocycles. The highest BCUT2D eigenvalue weighted by Crippen LogP contribution is 2.44. The van der Waals surface area contributed by atoms with Gasteiger partial charge in [0.25, 0.3) is 5.91 Å². The van der Waals surface area contributed by atoms with Crippen molar-refractivity contribution in [1.29, 1.82) is 0 Å². The Morgan fingerprint density at radius 1 is 1.15 bits per heavy atom. The highest BCUT2D eigenvalue weighted by molar-refractivity contribution is 7.91. The summed E-state index contributed by atoms with van der Waals surface area (Å²) in [5.41, 5.74) is 0.828. The summed E-state index contributed by atoms with van der Waals surface area (Å²) in [5.74, 6) is -2.32. The first-order valence-corrected chi connectivity index (χ1v) is 14.8. The second-order valence-electron chi connectivity index (χ2n) is 10.3. The number of halogens is 6. The normalized spacial score (nSPS) is 18.7. The van der Waals surface area contributed by atoms with Gasteiger partial charge in [-0.05, 0) is 48.9 Å². The van der Waals surface area contributed by atoms with Crippen LogP contribution in [0, 0.1) is 0 Å². The number of hydrogen-bond acceptors (Lipinski definition) is 6. The lowest BCUT2D eigenvalue weighted by molar-refractivity contribution is -0.137. The number of alkyl halides is 6. The van der Waals surface area contributed by atoms with Crippen molar-refractivity contribution in [3.8, 4) is 5.75 Å².